The Labute approximate surface area is 135 Å². The standard InChI is InChI=1S/C14H14BrNO4S/c1-3-19-10-6-8(5-9(15)12(10)20-4-2)7-11-13(17)16-14(18)21-11/h5-7H,3-4H2,1-2H3,(H,16,17,18). The maximum atomic E-state index is 11.6. The van der Waals surface area contributed by atoms with E-state index in [0.29, 0.717) is 29.6 Å². The van der Waals surface area contributed by atoms with Gasteiger partial charge in [0, 0.05) is 0 Å². The van der Waals surface area contributed by atoms with Crippen molar-refractivity contribution in [2.24, 2.45) is 0 Å². The van der Waals surface area contributed by atoms with Gasteiger partial charge in [0.05, 0.1) is 22.6 Å². The molecule has 21 heavy (non-hydrogen) atoms. The second-order valence-electron chi connectivity index (χ2n) is 4.05. The van der Waals surface area contributed by atoms with Gasteiger partial charge < -0.3 is 9.47 Å². The van der Waals surface area contributed by atoms with Crippen LogP contribution in [-0.2, 0) is 4.79 Å². The topological polar surface area (TPSA) is 64.6 Å². The minimum atomic E-state index is -0.382. The van der Waals surface area contributed by atoms with Crippen LogP contribution in [0.1, 0.15) is 19.4 Å². The molecule has 0 radical (unpaired) electrons. The molecule has 0 atom stereocenters. The van der Waals surface area contributed by atoms with E-state index in [2.05, 4.69) is 21.2 Å². The van der Waals surface area contributed by atoms with Gasteiger partial charge in [0.25, 0.3) is 11.1 Å². The zero-order chi connectivity index (χ0) is 15.4. The molecule has 1 aliphatic heterocycles. The largest absolute Gasteiger partial charge is 0.490 e. The molecule has 7 heteroatoms. The second kappa shape index (κ2) is 7.00. The van der Waals surface area contributed by atoms with Gasteiger partial charge in [-0.15, -0.1) is 0 Å². The Morgan fingerprint density at radius 1 is 1.24 bits per heavy atom. The lowest BCUT2D eigenvalue weighted by Gasteiger charge is -2.13. The third-order valence-electron chi connectivity index (χ3n) is 2.56. The maximum Gasteiger partial charge on any atom is 0.290 e. The molecule has 112 valence electrons. The van der Waals surface area contributed by atoms with Crippen LogP contribution in [0.3, 0.4) is 0 Å². The van der Waals surface area contributed by atoms with Gasteiger partial charge in [-0.1, -0.05) is 0 Å². The smallest absolute Gasteiger partial charge is 0.290 e. The Morgan fingerprint density at radius 2 is 1.95 bits per heavy atom. The van der Waals surface area contributed by atoms with Crippen LogP contribution in [0, 0.1) is 0 Å². The van der Waals surface area contributed by atoms with Gasteiger partial charge in [-0.3, -0.25) is 14.9 Å². The number of rotatable bonds is 5. The van der Waals surface area contributed by atoms with Crippen molar-refractivity contribution in [3.05, 3.63) is 27.1 Å². The fourth-order valence-electron chi connectivity index (χ4n) is 1.79. The molecule has 2 amide bonds. The average molecular weight is 372 g/mol. The van der Waals surface area contributed by atoms with Crippen molar-refractivity contribution < 1.29 is 19.1 Å². The van der Waals surface area contributed by atoms with E-state index in [1.807, 2.05) is 19.9 Å². The molecule has 1 aliphatic rings. The van der Waals surface area contributed by atoms with Gasteiger partial charge in [-0.2, -0.15) is 0 Å². The fourth-order valence-corrected chi connectivity index (χ4v) is 3.05. The van der Waals surface area contributed by atoms with Crippen LogP contribution in [0.5, 0.6) is 11.5 Å². The summed E-state index contributed by atoms with van der Waals surface area (Å²) in [5.74, 6) is 0.837. The van der Waals surface area contributed by atoms with Crippen molar-refractivity contribution in [1.29, 1.82) is 0 Å². The highest BCUT2D eigenvalue weighted by Gasteiger charge is 2.25. The van der Waals surface area contributed by atoms with Crippen LogP contribution in [0.15, 0.2) is 21.5 Å². The van der Waals surface area contributed by atoms with Crippen molar-refractivity contribution in [3.8, 4) is 11.5 Å². The molecule has 0 spiro atoms. The number of thioether (sulfide) groups is 1. The van der Waals surface area contributed by atoms with E-state index >= 15 is 0 Å². The summed E-state index contributed by atoms with van der Waals surface area (Å²) in [4.78, 5) is 23.1. The van der Waals surface area contributed by atoms with Gasteiger partial charge in [0.1, 0.15) is 0 Å². The Bertz CT molecular complexity index is 615. The van der Waals surface area contributed by atoms with E-state index in [1.165, 1.54) is 0 Å². The Morgan fingerprint density at radius 3 is 2.52 bits per heavy atom. The molecule has 1 saturated heterocycles. The van der Waals surface area contributed by atoms with Crippen LogP contribution in [0.25, 0.3) is 6.08 Å². The van der Waals surface area contributed by atoms with Gasteiger partial charge in [-0.05, 0) is 65.3 Å². The molecule has 0 saturated carbocycles. The summed E-state index contributed by atoms with van der Waals surface area (Å²) in [6.07, 6.45) is 1.65. The van der Waals surface area contributed by atoms with Crippen LogP contribution in [0.4, 0.5) is 4.79 Å². The zero-order valence-corrected chi connectivity index (χ0v) is 14.0. The number of hydrogen-bond donors (Lipinski definition) is 1. The molecule has 5 nitrogen and oxygen atoms in total. The van der Waals surface area contributed by atoms with Gasteiger partial charge >= 0.3 is 0 Å². The summed E-state index contributed by atoms with van der Waals surface area (Å²) in [5.41, 5.74) is 0.751. The molecule has 0 aromatic heterocycles. The third kappa shape index (κ3) is 3.79. The molecule has 1 fully saturated rings. The lowest BCUT2D eigenvalue weighted by molar-refractivity contribution is -0.115. The summed E-state index contributed by atoms with van der Waals surface area (Å²) in [7, 11) is 0. The van der Waals surface area contributed by atoms with Crippen molar-refractivity contribution in [1.82, 2.24) is 5.32 Å². The molecule has 1 aromatic carbocycles. The summed E-state index contributed by atoms with van der Waals surface area (Å²) in [6.45, 7) is 4.79. The molecule has 0 bridgehead atoms. The Kier molecular flexibility index (Phi) is 5.30. The highest BCUT2D eigenvalue weighted by atomic mass is 79.9. The fraction of sp³-hybridized carbons (Fsp3) is 0.286. The summed E-state index contributed by atoms with van der Waals surface area (Å²) >= 11 is 4.32. The number of ether oxygens (including phenoxy) is 2. The predicted molar refractivity (Wildman–Crippen MR) is 85.6 cm³/mol. The van der Waals surface area contributed by atoms with Crippen LogP contribution in [-0.4, -0.2) is 24.4 Å². The van der Waals surface area contributed by atoms with Gasteiger partial charge in [0.15, 0.2) is 11.5 Å². The SMILES string of the molecule is CCOc1cc(C=C2SC(=O)NC2=O)cc(Br)c1OCC. The summed E-state index contributed by atoms with van der Waals surface area (Å²) in [6, 6.07) is 3.60. The molecule has 1 aromatic rings. The Hall–Kier alpha value is -1.47. The number of benzene rings is 1. The number of nitrogens with one attached hydrogen (secondary N) is 1. The first-order valence-electron chi connectivity index (χ1n) is 6.39. The van der Waals surface area contributed by atoms with Crippen LogP contribution < -0.4 is 14.8 Å². The van der Waals surface area contributed by atoms with Crippen molar-refractivity contribution >= 4 is 44.9 Å². The first kappa shape index (κ1) is 15.9. The number of hydrogen-bond acceptors (Lipinski definition) is 5. The quantitative estimate of drug-likeness (QED) is 0.801. The van der Waals surface area contributed by atoms with E-state index in [1.54, 1.807) is 12.1 Å². The highest BCUT2D eigenvalue weighted by molar-refractivity contribution is 9.10. The van der Waals surface area contributed by atoms with Crippen molar-refractivity contribution in [2.75, 3.05) is 13.2 Å². The van der Waals surface area contributed by atoms with Crippen LogP contribution >= 0.6 is 27.7 Å². The van der Waals surface area contributed by atoms with Crippen molar-refractivity contribution in [2.45, 2.75) is 13.8 Å². The Balaban J connectivity index is 2.39. The molecule has 0 aliphatic carbocycles. The zero-order valence-electron chi connectivity index (χ0n) is 11.6. The minimum Gasteiger partial charge on any atom is -0.490 e. The maximum absolute atomic E-state index is 11.6. The number of halogens is 1. The monoisotopic (exact) mass is 371 g/mol. The van der Waals surface area contributed by atoms with E-state index in [-0.39, 0.29) is 11.1 Å². The number of amides is 2. The normalized spacial score (nSPS) is 16.2. The molecule has 2 rings (SSSR count). The van der Waals surface area contributed by atoms with Crippen LogP contribution in [0.2, 0.25) is 0 Å². The summed E-state index contributed by atoms with van der Waals surface area (Å²) < 4.78 is 11.9. The number of imide groups is 1. The third-order valence-corrected chi connectivity index (χ3v) is 3.96. The van der Waals surface area contributed by atoms with Gasteiger partial charge in [-0.25, -0.2) is 0 Å². The summed E-state index contributed by atoms with van der Waals surface area (Å²) in [5, 5.41) is 1.86. The molecular weight excluding hydrogens is 358 g/mol. The molecule has 1 N–H and O–H groups in total. The van der Waals surface area contributed by atoms with E-state index < -0.39 is 0 Å². The number of carbonyl (C=O) groups excluding carboxylic acids is 2. The van der Waals surface area contributed by atoms with E-state index in [4.69, 9.17) is 9.47 Å². The molecular formula is C14H14BrNO4S. The van der Waals surface area contributed by atoms with Crippen molar-refractivity contribution in [3.63, 3.8) is 0 Å². The first-order valence-corrected chi connectivity index (χ1v) is 8.00. The first-order chi connectivity index (χ1) is 10.0. The predicted octanol–water partition coefficient (Wildman–Crippen LogP) is 3.57. The van der Waals surface area contributed by atoms with E-state index in [0.717, 1.165) is 21.8 Å². The minimum absolute atomic E-state index is 0.360. The lowest BCUT2D eigenvalue weighted by atomic mass is 10.2. The molecule has 0 unspecified atom stereocenters. The van der Waals surface area contributed by atoms with E-state index in [9.17, 15) is 9.59 Å². The second-order valence-corrected chi connectivity index (χ2v) is 5.92. The average Bonchev–Trinajstić information content (AvgIpc) is 2.72. The highest BCUT2D eigenvalue weighted by Crippen LogP contribution is 2.38. The molecule has 1 heterocycles. The lowest BCUT2D eigenvalue weighted by Crippen LogP contribution is -2.17. The number of carbonyl (C=O) groups is 2. The van der Waals surface area contributed by atoms with Gasteiger partial charge in [0.2, 0.25) is 0 Å².